The third-order valence-electron chi connectivity index (χ3n) is 5.41. The smallest absolute Gasteiger partial charge is 0.131 e. The number of hydrogen-bond acceptors (Lipinski definition) is 3. The topological polar surface area (TPSA) is 32.3 Å². The Bertz CT molecular complexity index is 298. The third kappa shape index (κ3) is 4.56. The zero-order valence-electron chi connectivity index (χ0n) is 13.4. The number of ketones is 1. The summed E-state index contributed by atoms with van der Waals surface area (Å²) in [5.41, 5.74) is 0.656. The van der Waals surface area contributed by atoms with Gasteiger partial charge in [-0.3, -0.25) is 4.79 Å². The van der Waals surface area contributed by atoms with Gasteiger partial charge in [-0.2, -0.15) is 0 Å². The Hall–Kier alpha value is -0.410. The monoisotopic (exact) mass is 280 g/mol. The van der Waals surface area contributed by atoms with E-state index in [1.807, 2.05) is 0 Å². The largest absolute Gasteiger partial charge is 0.314 e. The first-order valence-electron chi connectivity index (χ1n) is 8.59. The summed E-state index contributed by atoms with van der Waals surface area (Å²) in [6.07, 6.45) is 10.2. The van der Waals surface area contributed by atoms with Crippen LogP contribution < -0.4 is 5.32 Å². The first-order valence-corrected chi connectivity index (χ1v) is 8.59. The van der Waals surface area contributed by atoms with Gasteiger partial charge < -0.3 is 10.2 Å². The summed E-state index contributed by atoms with van der Waals surface area (Å²) in [6.45, 7) is 8.75. The maximum Gasteiger partial charge on any atom is 0.131 e. The number of nitrogens with zero attached hydrogens (tertiary/aromatic N) is 1. The molecule has 0 bridgehead atoms. The molecule has 0 aromatic rings. The van der Waals surface area contributed by atoms with Gasteiger partial charge in [0.2, 0.25) is 0 Å². The van der Waals surface area contributed by atoms with E-state index in [-0.39, 0.29) is 0 Å². The van der Waals surface area contributed by atoms with E-state index in [4.69, 9.17) is 0 Å². The van der Waals surface area contributed by atoms with E-state index in [9.17, 15) is 4.79 Å². The van der Waals surface area contributed by atoms with Crippen molar-refractivity contribution in [2.45, 2.75) is 71.3 Å². The average molecular weight is 280 g/mol. The number of piperidine rings is 1. The van der Waals surface area contributed by atoms with Crippen molar-refractivity contribution in [1.82, 2.24) is 10.2 Å². The Labute approximate surface area is 124 Å². The fourth-order valence-corrected chi connectivity index (χ4v) is 3.95. The molecule has 1 aliphatic heterocycles. The average Bonchev–Trinajstić information content (AvgIpc) is 2.44. The highest BCUT2D eigenvalue weighted by Gasteiger charge is 2.37. The number of nitrogens with one attached hydrogen (secondary N) is 1. The predicted molar refractivity (Wildman–Crippen MR) is 84.0 cm³/mol. The van der Waals surface area contributed by atoms with E-state index in [0.717, 1.165) is 6.54 Å². The molecule has 3 heteroatoms. The minimum atomic E-state index is 0.299. The molecule has 1 saturated heterocycles. The lowest BCUT2D eigenvalue weighted by molar-refractivity contribution is -0.116. The van der Waals surface area contributed by atoms with Crippen molar-refractivity contribution in [3.05, 3.63) is 0 Å². The molecule has 0 aromatic heterocycles. The van der Waals surface area contributed by atoms with E-state index in [2.05, 4.69) is 17.1 Å². The van der Waals surface area contributed by atoms with Crippen LogP contribution in [0.4, 0.5) is 0 Å². The number of carbonyl (C=O) groups excluding carboxylic acids is 1. The van der Waals surface area contributed by atoms with Gasteiger partial charge in [0.25, 0.3) is 0 Å². The minimum Gasteiger partial charge on any atom is -0.314 e. The summed E-state index contributed by atoms with van der Waals surface area (Å²) in [5, 5.41) is 3.57. The van der Waals surface area contributed by atoms with Crippen LogP contribution in [0.5, 0.6) is 0 Å². The van der Waals surface area contributed by atoms with Gasteiger partial charge >= 0.3 is 0 Å². The standard InChI is InChI=1S/C17H32N2O/c1-3-12-19-13-9-17(10-14-19)7-4-16(5-8-17)18-11-6-15(2)20/h16,18H,3-14H2,1-2H3. The summed E-state index contributed by atoms with van der Waals surface area (Å²) in [7, 11) is 0. The van der Waals surface area contributed by atoms with Crippen LogP contribution in [0, 0.1) is 5.41 Å². The fourth-order valence-electron chi connectivity index (χ4n) is 3.95. The molecule has 1 N–H and O–H groups in total. The quantitative estimate of drug-likeness (QED) is 0.812. The van der Waals surface area contributed by atoms with E-state index >= 15 is 0 Å². The van der Waals surface area contributed by atoms with Crippen LogP contribution in [-0.4, -0.2) is 42.9 Å². The zero-order valence-corrected chi connectivity index (χ0v) is 13.4. The second-order valence-electron chi connectivity index (χ2n) is 7.02. The molecular formula is C17H32N2O. The maximum atomic E-state index is 11.0. The third-order valence-corrected chi connectivity index (χ3v) is 5.41. The summed E-state index contributed by atoms with van der Waals surface area (Å²) in [5.74, 6) is 0.299. The molecule has 1 spiro atoms. The van der Waals surface area contributed by atoms with Crippen LogP contribution in [0.2, 0.25) is 0 Å². The lowest BCUT2D eigenvalue weighted by atomic mass is 9.67. The molecule has 0 radical (unpaired) electrons. The Kier molecular flexibility index (Phi) is 6.03. The van der Waals surface area contributed by atoms with Crippen LogP contribution in [-0.2, 0) is 4.79 Å². The SMILES string of the molecule is CCCN1CCC2(CCC(NCCC(C)=O)CC2)CC1. The Morgan fingerprint density at radius 2 is 1.85 bits per heavy atom. The van der Waals surface area contributed by atoms with Gasteiger partial charge in [0, 0.05) is 19.0 Å². The molecule has 0 aromatic carbocycles. The van der Waals surface area contributed by atoms with Gasteiger partial charge in [-0.25, -0.2) is 0 Å². The Balaban J connectivity index is 1.67. The van der Waals surface area contributed by atoms with Crippen molar-refractivity contribution in [3.63, 3.8) is 0 Å². The van der Waals surface area contributed by atoms with Crippen LogP contribution in [0.3, 0.4) is 0 Å². The molecule has 0 amide bonds. The molecule has 1 aliphatic carbocycles. The highest BCUT2D eigenvalue weighted by molar-refractivity contribution is 5.75. The van der Waals surface area contributed by atoms with E-state index < -0.39 is 0 Å². The molecule has 116 valence electrons. The summed E-state index contributed by atoms with van der Waals surface area (Å²) >= 11 is 0. The zero-order chi connectivity index (χ0) is 14.4. The molecular weight excluding hydrogens is 248 g/mol. The van der Waals surface area contributed by atoms with E-state index in [0.29, 0.717) is 23.7 Å². The summed E-state index contributed by atoms with van der Waals surface area (Å²) in [4.78, 5) is 13.6. The molecule has 1 saturated carbocycles. The fraction of sp³-hybridized carbons (Fsp3) is 0.941. The van der Waals surface area contributed by atoms with Crippen molar-refractivity contribution in [1.29, 1.82) is 0 Å². The van der Waals surface area contributed by atoms with Crippen LogP contribution >= 0.6 is 0 Å². The van der Waals surface area contributed by atoms with Gasteiger partial charge in [-0.1, -0.05) is 6.92 Å². The number of rotatable bonds is 6. The van der Waals surface area contributed by atoms with Gasteiger partial charge in [0.05, 0.1) is 0 Å². The molecule has 0 atom stereocenters. The Morgan fingerprint density at radius 1 is 1.20 bits per heavy atom. The van der Waals surface area contributed by atoms with E-state index in [1.54, 1.807) is 6.92 Å². The van der Waals surface area contributed by atoms with Crippen molar-refractivity contribution in [2.75, 3.05) is 26.2 Å². The van der Waals surface area contributed by atoms with Crippen LogP contribution in [0.15, 0.2) is 0 Å². The second kappa shape index (κ2) is 7.56. The lowest BCUT2D eigenvalue weighted by Crippen LogP contribution is -2.45. The number of carbonyl (C=O) groups is 1. The summed E-state index contributed by atoms with van der Waals surface area (Å²) < 4.78 is 0. The predicted octanol–water partition coefficient (Wildman–Crippen LogP) is 2.99. The van der Waals surface area contributed by atoms with Crippen LogP contribution in [0.25, 0.3) is 0 Å². The second-order valence-corrected chi connectivity index (χ2v) is 7.02. The van der Waals surface area contributed by atoms with Crippen LogP contribution in [0.1, 0.15) is 65.2 Å². The van der Waals surface area contributed by atoms with E-state index in [1.165, 1.54) is 64.6 Å². The van der Waals surface area contributed by atoms with Gasteiger partial charge in [-0.05, 0) is 76.9 Å². The van der Waals surface area contributed by atoms with Gasteiger partial charge in [-0.15, -0.1) is 0 Å². The molecule has 2 rings (SSSR count). The molecule has 0 unspecified atom stereocenters. The van der Waals surface area contributed by atoms with Crippen molar-refractivity contribution < 1.29 is 4.79 Å². The number of likely N-dealkylation sites (tertiary alicyclic amines) is 1. The molecule has 3 nitrogen and oxygen atoms in total. The van der Waals surface area contributed by atoms with Crippen molar-refractivity contribution in [3.8, 4) is 0 Å². The Morgan fingerprint density at radius 3 is 2.40 bits per heavy atom. The van der Waals surface area contributed by atoms with Crippen molar-refractivity contribution >= 4 is 5.78 Å². The minimum absolute atomic E-state index is 0.299. The molecule has 20 heavy (non-hydrogen) atoms. The number of Topliss-reactive ketones (excluding diaryl/α,β-unsaturated/α-hetero) is 1. The molecule has 2 aliphatic rings. The van der Waals surface area contributed by atoms with Crippen molar-refractivity contribution in [2.24, 2.45) is 5.41 Å². The van der Waals surface area contributed by atoms with Gasteiger partial charge in [0.15, 0.2) is 0 Å². The van der Waals surface area contributed by atoms with Gasteiger partial charge in [0.1, 0.15) is 5.78 Å². The number of hydrogen-bond donors (Lipinski definition) is 1. The summed E-state index contributed by atoms with van der Waals surface area (Å²) in [6, 6.07) is 0.661. The first kappa shape index (κ1) is 16.0. The maximum absolute atomic E-state index is 11.0. The first-order chi connectivity index (χ1) is 9.63. The lowest BCUT2D eigenvalue weighted by Gasteiger charge is -2.46. The molecule has 2 fully saturated rings. The highest BCUT2D eigenvalue weighted by Crippen LogP contribution is 2.44. The molecule has 1 heterocycles. The highest BCUT2D eigenvalue weighted by atomic mass is 16.1. The normalized spacial score (nSPS) is 24.1.